The summed E-state index contributed by atoms with van der Waals surface area (Å²) < 4.78 is 0. The Labute approximate surface area is 171 Å². The Bertz CT molecular complexity index is 815. The van der Waals surface area contributed by atoms with Crippen LogP contribution in [0.3, 0.4) is 0 Å². The standard InChI is InChI=1S/C22H26ClN3O2/c1-2-17-7-9-18(10-8-17)22(28)26-15-13-25(14-16-26)12-11-21(27)24-20-6-4-3-5-19(20)23/h3-10H,2,11-16H2,1H3,(H,24,27). The van der Waals surface area contributed by atoms with Crippen LogP contribution in [0.15, 0.2) is 48.5 Å². The average Bonchev–Trinajstić information content (AvgIpc) is 2.74. The van der Waals surface area contributed by atoms with Crippen molar-refractivity contribution in [3.63, 3.8) is 0 Å². The van der Waals surface area contributed by atoms with E-state index in [0.29, 0.717) is 36.8 Å². The van der Waals surface area contributed by atoms with Crippen LogP contribution in [0, 0.1) is 0 Å². The van der Waals surface area contributed by atoms with Crippen molar-refractivity contribution in [1.82, 2.24) is 9.80 Å². The number of amides is 2. The zero-order valence-electron chi connectivity index (χ0n) is 16.2. The monoisotopic (exact) mass is 399 g/mol. The van der Waals surface area contributed by atoms with E-state index in [1.165, 1.54) is 5.56 Å². The van der Waals surface area contributed by atoms with Gasteiger partial charge < -0.3 is 10.2 Å². The molecule has 1 fully saturated rings. The average molecular weight is 400 g/mol. The van der Waals surface area contributed by atoms with Crippen LogP contribution in [0.25, 0.3) is 0 Å². The van der Waals surface area contributed by atoms with Gasteiger partial charge in [-0.1, -0.05) is 42.8 Å². The summed E-state index contributed by atoms with van der Waals surface area (Å²) in [7, 11) is 0. The molecule has 0 atom stereocenters. The summed E-state index contributed by atoms with van der Waals surface area (Å²) in [5.41, 5.74) is 2.61. The molecule has 1 aliphatic heterocycles. The van der Waals surface area contributed by atoms with Gasteiger partial charge in [0.15, 0.2) is 0 Å². The number of rotatable bonds is 6. The number of halogens is 1. The second kappa shape index (κ2) is 9.71. The maximum Gasteiger partial charge on any atom is 0.253 e. The lowest BCUT2D eigenvalue weighted by atomic mass is 10.1. The fraction of sp³-hybridized carbons (Fsp3) is 0.364. The van der Waals surface area contributed by atoms with Crippen LogP contribution in [-0.2, 0) is 11.2 Å². The van der Waals surface area contributed by atoms with Crippen molar-refractivity contribution >= 4 is 29.1 Å². The zero-order valence-corrected chi connectivity index (χ0v) is 16.9. The van der Waals surface area contributed by atoms with E-state index in [2.05, 4.69) is 17.1 Å². The fourth-order valence-corrected chi connectivity index (χ4v) is 3.46. The zero-order chi connectivity index (χ0) is 19.9. The summed E-state index contributed by atoms with van der Waals surface area (Å²) >= 11 is 6.07. The third-order valence-corrected chi connectivity index (χ3v) is 5.40. The van der Waals surface area contributed by atoms with Gasteiger partial charge in [0.1, 0.15) is 0 Å². The normalized spacial score (nSPS) is 14.7. The Morgan fingerprint density at radius 2 is 1.68 bits per heavy atom. The number of para-hydroxylation sites is 1. The summed E-state index contributed by atoms with van der Waals surface area (Å²) in [6.45, 7) is 5.69. The Kier molecular flexibility index (Phi) is 7.06. The number of anilines is 1. The maximum absolute atomic E-state index is 12.6. The number of aryl methyl sites for hydroxylation is 1. The molecule has 0 saturated carbocycles. The summed E-state index contributed by atoms with van der Waals surface area (Å²) in [6.07, 6.45) is 1.37. The predicted molar refractivity (Wildman–Crippen MR) is 113 cm³/mol. The predicted octanol–water partition coefficient (Wildman–Crippen LogP) is 3.69. The number of carbonyl (C=O) groups excluding carboxylic acids is 2. The molecule has 2 aromatic carbocycles. The number of hydrogen-bond donors (Lipinski definition) is 1. The van der Waals surface area contributed by atoms with Crippen molar-refractivity contribution in [2.45, 2.75) is 19.8 Å². The van der Waals surface area contributed by atoms with Crippen LogP contribution in [0.1, 0.15) is 29.3 Å². The van der Waals surface area contributed by atoms with E-state index < -0.39 is 0 Å². The highest BCUT2D eigenvalue weighted by molar-refractivity contribution is 6.33. The van der Waals surface area contributed by atoms with Gasteiger partial charge in [-0.3, -0.25) is 14.5 Å². The molecule has 0 aliphatic carbocycles. The Hall–Kier alpha value is -2.37. The van der Waals surface area contributed by atoms with Crippen LogP contribution in [0.4, 0.5) is 5.69 Å². The quantitative estimate of drug-likeness (QED) is 0.806. The molecule has 1 heterocycles. The van der Waals surface area contributed by atoms with Crippen molar-refractivity contribution in [2.75, 3.05) is 38.0 Å². The molecule has 0 aromatic heterocycles. The molecule has 5 nitrogen and oxygen atoms in total. The number of benzene rings is 2. The van der Waals surface area contributed by atoms with E-state index in [1.807, 2.05) is 41.3 Å². The fourth-order valence-electron chi connectivity index (χ4n) is 3.28. The highest BCUT2D eigenvalue weighted by Crippen LogP contribution is 2.20. The van der Waals surface area contributed by atoms with Crippen molar-refractivity contribution in [3.05, 3.63) is 64.7 Å². The van der Waals surface area contributed by atoms with Crippen molar-refractivity contribution in [2.24, 2.45) is 0 Å². The van der Waals surface area contributed by atoms with Crippen molar-refractivity contribution < 1.29 is 9.59 Å². The van der Waals surface area contributed by atoms with Crippen LogP contribution in [0.5, 0.6) is 0 Å². The van der Waals surface area contributed by atoms with Crippen molar-refractivity contribution in [1.29, 1.82) is 0 Å². The third kappa shape index (κ3) is 5.33. The van der Waals surface area contributed by atoms with Crippen LogP contribution in [-0.4, -0.2) is 54.3 Å². The Morgan fingerprint density at radius 1 is 1.00 bits per heavy atom. The first-order valence-electron chi connectivity index (χ1n) is 9.71. The Balaban J connectivity index is 1.43. The smallest absolute Gasteiger partial charge is 0.253 e. The lowest BCUT2D eigenvalue weighted by Crippen LogP contribution is -2.49. The van der Waals surface area contributed by atoms with Gasteiger partial charge in [-0.25, -0.2) is 0 Å². The van der Waals surface area contributed by atoms with Crippen molar-refractivity contribution in [3.8, 4) is 0 Å². The minimum Gasteiger partial charge on any atom is -0.336 e. The third-order valence-electron chi connectivity index (χ3n) is 5.07. The molecule has 3 rings (SSSR count). The van der Waals surface area contributed by atoms with Crippen LogP contribution in [0.2, 0.25) is 5.02 Å². The topological polar surface area (TPSA) is 52.7 Å². The second-order valence-corrected chi connectivity index (χ2v) is 7.37. The van der Waals surface area contributed by atoms with E-state index >= 15 is 0 Å². The number of hydrogen-bond acceptors (Lipinski definition) is 3. The summed E-state index contributed by atoms with van der Waals surface area (Å²) in [4.78, 5) is 28.9. The highest BCUT2D eigenvalue weighted by Gasteiger charge is 2.22. The van der Waals surface area contributed by atoms with Gasteiger partial charge in [-0.2, -0.15) is 0 Å². The van der Waals surface area contributed by atoms with Gasteiger partial charge in [0.2, 0.25) is 5.91 Å². The highest BCUT2D eigenvalue weighted by atomic mass is 35.5. The molecule has 0 bridgehead atoms. The summed E-state index contributed by atoms with van der Waals surface area (Å²) in [6, 6.07) is 15.1. The number of nitrogens with zero attached hydrogens (tertiary/aromatic N) is 2. The molecule has 1 aliphatic rings. The molecule has 28 heavy (non-hydrogen) atoms. The largest absolute Gasteiger partial charge is 0.336 e. The minimum absolute atomic E-state index is 0.0531. The minimum atomic E-state index is -0.0531. The lowest BCUT2D eigenvalue weighted by Gasteiger charge is -2.34. The molecule has 2 amide bonds. The number of nitrogens with one attached hydrogen (secondary N) is 1. The van der Waals surface area contributed by atoms with Crippen LogP contribution >= 0.6 is 11.6 Å². The Morgan fingerprint density at radius 3 is 2.32 bits per heavy atom. The molecule has 6 heteroatoms. The van der Waals surface area contributed by atoms with Gasteiger partial charge >= 0.3 is 0 Å². The lowest BCUT2D eigenvalue weighted by molar-refractivity contribution is -0.116. The molecule has 1 saturated heterocycles. The summed E-state index contributed by atoms with van der Waals surface area (Å²) in [5, 5.41) is 3.38. The van der Waals surface area contributed by atoms with Gasteiger partial charge in [0, 0.05) is 44.7 Å². The molecular formula is C22H26ClN3O2. The van der Waals surface area contributed by atoms with Gasteiger partial charge in [-0.05, 0) is 36.2 Å². The van der Waals surface area contributed by atoms with Gasteiger partial charge in [0.05, 0.1) is 10.7 Å². The first-order valence-corrected chi connectivity index (χ1v) is 10.1. The van der Waals surface area contributed by atoms with Gasteiger partial charge in [0.25, 0.3) is 5.91 Å². The second-order valence-electron chi connectivity index (χ2n) is 6.96. The first-order chi connectivity index (χ1) is 13.6. The van der Waals surface area contributed by atoms with E-state index in [1.54, 1.807) is 12.1 Å². The molecule has 1 N–H and O–H groups in total. The molecule has 148 valence electrons. The maximum atomic E-state index is 12.6. The van der Waals surface area contributed by atoms with Crippen LogP contribution < -0.4 is 5.32 Å². The van der Waals surface area contributed by atoms with E-state index in [0.717, 1.165) is 25.1 Å². The SMILES string of the molecule is CCc1ccc(C(=O)N2CCN(CCC(=O)Nc3ccccc3Cl)CC2)cc1. The first kappa shape index (κ1) is 20.4. The molecular weight excluding hydrogens is 374 g/mol. The van der Waals surface area contributed by atoms with E-state index in [4.69, 9.17) is 11.6 Å². The number of piperazine rings is 1. The van der Waals surface area contributed by atoms with Gasteiger partial charge in [-0.15, -0.1) is 0 Å². The van der Waals surface area contributed by atoms with E-state index in [9.17, 15) is 9.59 Å². The molecule has 0 unspecified atom stereocenters. The summed E-state index contributed by atoms with van der Waals surface area (Å²) in [5.74, 6) is 0.0291. The molecule has 0 radical (unpaired) electrons. The molecule has 0 spiro atoms. The number of carbonyl (C=O) groups is 2. The van der Waals surface area contributed by atoms with E-state index in [-0.39, 0.29) is 11.8 Å². The molecule has 2 aromatic rings.